The van der Waals surface area contributed by atoms with Gasteiger partial charge in [-0.15, -0.1) is 0 Å². The van der Waals surface area contributed by atoms with Crippen LogP contribution in [0, 0.1) is 0 Å². The lowest BCUT2D eigenvalue weighted by Crippen LogP contribution is -2.24. The third-order valence-electron chi connectivity index (χ3n) is 1.17. The summed E-state index contributed by atoms with van der Waals surface area (Å²) in [4.78, 5) is 1.35. The van der Waals surface area contributed by atoms with Gasteiger partial charge in [-0.2, -0.15) is 9.89 Å². The lowest BCUT2D eigenvalue weighted by atomic mass is 10.4. The summed E-state index contributed by atoms with van der Waals surface area (Å²) >= 11 is 0. The van der Waals surface area contributed by atoms with Gasteiger partial charge in [0, 0.05) is 6.04 Å². The minimum Gasteiger partial charge on any atom is -0.503 e. The number of nitrogens with two attached hydrogens (primary N) is 1. The van der Waals surface area contributed by atoms with Crippen LogP contribution in [0.5, 0.6) is 5.75 Å². The smallest absolute Gasteiger partial charge is 0.187 e. The van der Waals surface area contributed by atoms with Crippen molar-refractivity contribution in [3.63, 3.8) is 0 Å². The Labute approximate surface area is 64.8 Å². The van der Waals surface area contributed by atoms with E-state index in [1.165, 1.54) is 11.0 Å². The highest BCUT2D eigenvalue weighted by Crippen LogP contribution is 2.15. The van der Waals surface area contributed by atoms with Gasteiger partial charge in [-0.3, -0.25) is 0 Å². The van der Waals surface area contributed by atoms with Crippen LogP contribution in [-0.2, 0) is 0 Å². The van der Waals surface area contributed by atoms with Gasteiger partial charge in [0.25, 0.3) is 0 Å². The number of aromatic nitrogens is 2. The summed E-state index contributed by atoms with van der Waals surface area (Å²) in [5.74, 6) is 0.233. The zero-order valence-corrected chi connectivity index (χ0v) is 6.57. The molecule has 0 aliphatic heterocycles. The Balaban J connectivity index is 2.79. The molecule has 0 saturated carbocycles. The summed E-state index contributed by atoms with van der Waals surface area (Å²) in [6.07, 6.45) is 1.30. The lowest BCUT2D eigenvalue weighted by molar-refractivity contribution is 0.477. The van der Waals surface area contributed by atoms with Crippen LogP contribution in [0.15, 0.2) is 6.20 Å². The molecule has 0 amide bonds. The summed E-state index contributed by atoms with van der Waals surface area (Å²) in [5, 5.41) is 12.8. The first kappa shape index (κ1) is 7.71. The van der Waals surface area contributed by atoms with Gasteiger partial charge in [0.15, 0.2) is 11.6 Å². The number of hydrogen-bond donors (Lipinski definition) is 3. The number of nitrogen functional groups attached to an aromatic ring is 1. The number of anilines is 1. The fourth-order valence-electron chi connectivity index (χ4n) is 0.697. The topological polar surface area (TPSA) is 76.1 Å². The van der Waals surface area contributed by atoms with Crippen LogP contribution in [0.25, 0.3) is 0 Å². The first-order valence-corrected chi connectivity index (χ1v) is 3.40. The van der Waals surface area contributed by atoms with E-state index in [0.717, 1.165) is 0 Å². The van der Waals surface area contributed by atoms with Crippen molar-refractivity contribution in [2.45, 2.75) is 19.9 Å². The van der Waals surface area contributed by atoms with Gasteiger partial charge >= 0.3 is 0 Å². The molecule has 1 heterocycles. The summed E-state index contributed by atoms with van der Waals surface area (Å²) in [7, 11) is 0. The van der Waals surface area contributed by atoms with Gasteiger partial charge in [-0.25, -0.2) is 0 Å². The van der Waals surface area contributed by atoms with Crippen molar-refractivity contribution in [3.8, 4) is 5.75 Å². The minimum atomic E-state index is -0.00171. The number of nitrogens with one attached hydrogen (secondary N) is 1. The van der Waals surface area contributed by atoms with E-state index in [-0.39, 0.29) is 17.6 Å². The first-order chi connectivity index (χ1) is 5.11. The summed E-state index contributed by atoms with van der Waals surface area (Å²) in [6.45, 7) is 3.91. The Morgan fingerprint density at radius 2 is 2.36 bits per heavy atom. The van der Waals surface area contributed by atoms with E-state index in [4.69, 9.17) is 10.8 Å². The van der Waals surface area contributed by atoms with Crippen molar-refractivity contribution >= 4 is 5.82 Å². The molecule has 1 aromatic rings. The molecule has 0 fully saturated rings. The maximum atomic E-state index is 9.00. The van der Waals surface area contributed by atoms with E-state index in [0.29, 0.717) is 0 Å². The van der Waals surface area contributed by atoms with Crippen molar-refractivity contribution in [2.24, 2.45) is 0 Å². The average Bonchev–Trinajstić information content (AvgIpc) is 2.18. The molecule has 0 unspecified atom stereocenters. The highest BCUT2D eigenvalue weighted by molar-refractivity contribution is 5.44. The molecule has 0 radical (unpaired) electrons. The van der Waals surface area contributed by atoms with E-state index >= 15 is 0 Å². The Hall–Kier alpha value is -1.39. The standard InChI is InChI=1S/C6H12N4O/c1-4(2)9-10-6(7)5(11)3-8-10/h3-4,9,11H,7H2,1-2H3. The molecule has 5 nitrogen and oxygen atoms in total. The molecular weight excluding hydrogens is 144 g/mol. The third kappa shape index (κ3) is 1.54. The van der Waals surface area contributed by atoms with Crippen molar-refractivity contribution in [1.82, 2.24) is 9.89 Å². The van der Waals surface area contributed by atoms with Crippen molar-refractivity contribution in [1.29, 1.82) is 0 Å². The Morgan fingerprint density at radius 1 is 1.73 bits per heavy atom. The maximum Gasteiger partial charge on any atom is 0.187 e. The molecule has 0 aliphatic rings. The highest BCUT2D eigenvalue weighted by atomic mass is 16.3. The molecule has 0 bridgehead atoms. The molecule has 0 saturated heterocycles. The second kappa shape index (κ2) is 2.69. The lowest BCUT2D eigenvalue weighted by Gasteiger charge is -2.10. The second-order valence-electron chi connectivity index (χ2n) is 2.61. The van der Waals surface area contributed by atoms with Gasteiger partial charge in [-0.1, -0.05) is 0 Å². The molecule has 11 heavy (non-hydrogen) atoms. The number of rotatable bonds is 2. The quantitative estimate of drug-likeness (QED) is 0.568. The molecule has 0 atom stereocenters. The molecular formula is C6H12N4O. The monoisotopic (exact) mass is 156 g/mol. The molecule has 62 valence electrons. The van der Waals surface area contributed by atoms with Crippen LogP contribution in [0.2, 0.25) is 0 Å². The zero-order valence-electron chi connectivity index (χ0n) is 6.57. The third-order valence-corrected chi connectivity index (χ3v) is 1.17. The van der Waals surface area contributed by atoms with Crippen LogP contribution in [0.3, 0.4) is 0 Å². The second-order valence-corrected chi connectivity index (χ2v) is 2.61. The molecule has 4 N–H and O–H groups in total. The Bertz CT molecular complexity index is 243. The van der Waals surface area contributed by atoms with Crippen LogP contribution in [-0.4, -0.2) is 21.0 Å². The molecule has 1 rings (SSSR count). The summed E-state index contributed by atoms with van der Waals surface area (Å²) < 4.78 is 0. The van der Waals surface area contributed by atoms with Crippen LogP contribution in [0.1, 0.15) is 13.8 Å². The highest BCUT2D eigenvalue weighted by Gasteiger charge is 2.04. The molecule has 0 spiro atoms. The molecule has 0 aliphatic carbocycles. The molecule has 5 heteroatoms. The van der Waals surface area contributed by atoms with E-state index in [9.17, 15) is 0 Å². The van der Waals surface area contributed by atoms with Crippen LogP contribution in [0.4, 0.5) is 5.82 Å². The predicted molar refractivity (Wildman–Crippen MR) is 42.8 cm³/mol. The summed E-state index contributed by atoms with van der Waals surface area (Å²) in [6, 6.07) is 0.233. The van der Waals surface area contributed by atoms with Crippen molar-refractivity contribution in [2.75, 3.05) is 11.2 Å². The maximum absolute atomic E-state index is 9.00. The number of hydrogen-bond acceptors (Lipinski definition) is 4. The van der Waals surface area contributed by atoms with E-state index in [1.54, 1.807) is 0 Å². The molecule has 1 aromatic heterocycles. The Morgan fingerprint density at radius 3 is 2.73 bits per heavy atom. The van der Waals surface area contributed by atoms with Crippen LogP contribution < -0.4 is 11.2 Å². The fraction of sp³-hybridized carbons (Fsp3) is 0.500. The van der Waals surface area contributed by atoms with E-state index in [2.05, 4.69) is 10.5 Å². The van der Waals surface area contributed by atoms with Crippen molar-refractivity contribution < 1.29 is 5.11 Å². The Kier molecular flexibility index (Phi) is 1.89. The normalized spacial score (nSPS) is 10.5. The SMILES string of the molecule is CC(C)Nn1ncc(O)c1N. The number of nitrogens with zero attached hydrogens (tertiary/aromatic N) is 2. The van der Waals surface area contributed by atoms with Gasteiger partial charge in [0.2, 0.25) is 0 Å². The zero-order chi connectivity index (χ0) is 8.43. The van der Waals surface area contributed by atoms with Gasteiger partial charge < -0.3 is 16.3 Å². The minimum absolute atomic E-state index is 0.00171. The van der Waals surface area contributed by atoms with Crippen LogP contribution >= 0.6 is 0 Å². The van der Waals surface area contributed by atoms with E-state index in [1.807, 2.05) is 13.8 Å². The van der Waals surface area contributed by atoms with Gasteiger partial charge in [0.1, 0.15) is 0 Å². The van der Waals surface area contributed by atoms with Crippen molar-refractivity contribution in [3.05, 3.63) is 6.20 Å². The fourth-order valence-corrected chi connectivity index (χ4v) is 0.697. The number of aromatic hydroxyl groups is 1. The largest absolute Gasteiger partial charge is 0.503 e. The van der Waals surface area contributed by atoms with E-state index < -0.39 is 0 Å². The van der Waals surface area contributed by atoms with Gasteiger partial charge in [-0.05, 0) is 13.8 Å². The first-order valence-electron chi connectivity index (χ1n) is 3.40. The average molecular weight is 156 g/mol. The molecule has 0 aromatic carbocycles. The van der Waals surface area contributed by atoms with Gasteiger partial charge in [0.05, 0.1) is 6.20 Å². The predicted octanol–water partition coefficient (Wildman–Crippen LogP) is 0.123. The summed E-state index contributed by atoms with van der Waals surface area (Å²) in [5.41, 5.74) is 8.35.